The van der Waals surface area contributed by atoms with Crippen LogP contribution < -0.4 is 9.64 Å². The van der Waals surface area contributed by atoms with Crippen LogP contribution in [0.5, 0.6) is 5.75 Å². The Labute approximate surface area is 137 Å². The molecule has 0 aliphatic carbocycles. The number of rotatable bonds is 3. The quantitative estimate of drug-likeness (QED) is 0.860. The molecule has 2 amide bonds. The molecule has 3 rings (SSSR count). The normalized spacial score (nSPS) is 24.9. The third-order valence-corrected chi connectivity index (χ3v) is 4.93. The Hall–Kier alpha value is -2.04. The predicted molar refractivity (Wildman–Crippen MR) is 88.5 cm³/mol. The molecule has 2 fully saturated rings. The lowest BCUT2D eigenvalue weighted by atomic mass is 9.99. The first kappa shape index (κ1) is 15.8. The van der Waals surface area contributed by atoms with Gasteiger partial charge in [-0.2, -0.15) is 0 Å². The molecule has 0 N–H and O–H groups in total. The average molecular weight is 316 g/mol. The smallest absolute Gasteiger partial charge is 0.228 e. The molecule has 2 aliphatic rings. The molecule has 0 saturated carbocycles. The molecule has 0 unspecified atom stereocenters. The molecule has 2 saturated heterocycles. The molecule has 0 radical (unpaired) electrons. The Kier molecular flexibility index (Phi) is 4.55. The summed E-state index contributed by atoms with van der Waals surface area (Å²) in [5.41, 5.74) is 0.802. The number of piperidine rings is 1. The highest BCUT2D eigenvalue weighted by Crippen LogP contribution is 2.30. The molecule has 5 nitrogen and oxygen atoms in total. The molecule has 2 atom stereocenters. The van der Waals surface area contributed by atoms with Gasteiger partial charge in [0.25, 0.3) is 0 Å². The summed E-state index contributed by atoms with van der Waals surface area (Å²) in [4.78, 5) is 28.8. The van der Waals surface area contributed by atoms with Gasteiger partial charge >= 0.3 is 0 Å². The zero-order valence-electron chi connectivity index (χ0n) is 13.8. The van der Waals surface area contributed by atoms with Crippen LogP contribution in [0.25, 0.3) is 0 Å². The zero-order chi connectivity index (χ0) is 16.4. The Morgan fingerprint density at radius 1 is 1.30 bits per heavy atom. The van der Waals surface area contributed by atoms with Crippen molar-refractivity contribution in [2.45, 2.75) is 38.6 Å². The summed E-state index contributed by atoms with van der Waals surface area (Å²) < 4.78 is 5.22. The fourth-order valence-electron chi connectivity index (χ4n) is 3.56. The number of benzene rings is 1. The van der Waals surface area contributed by atoms with E-state index in [2.05, 4.69) is 6.92 Å². The SMILES string of the molecule is COc1cccc(N2C[C@H](C(=O)N3CCCC[C@@H]3C)CC2=O)c1. The van der Waals surface area contributed by atoms with Gasteiger partial charge in [-0.3, -0.25) is 9.59 Å². The van der Waals surface area contributed by atoms with Crippen molar-refractivity contribution in [3.63, 3.8) is 0 Å². The molecule has 0 aromatic heterocycles. The third-order valence-electron chi connectivity index (χ3n) is 4.93. The van der Waals surface area contributed by atoms with Crippen molar-refractivity contribution in [3.05, 3.63) is 24.3 Å². The van der Waals surface area contributed by atoms with E-state index < -0.39 is 0 Å². The van der Waals surface area contributed by atoms with Crippen LogP contribution in [-0.4, -0.2) is 43.0 Å². The van der Waals surface area contributed by atoms with E-state index in [1.807, 2.05) is 29.2 Å². The Morgan fingerprint density at radius 3 is 2.87 bits per heavy atom. The predicted octanol–water partition coefficient (Wildman–Crippen LogP) is 2.45. The molecule has 2 aliphatic heterocycles. The van der Waals surface area contributed by atoms with Crippen LogP contribution in [0.2, 0.25) is 0 Å². The first-order chi connectivity index (χ1) is 11.1. The van der Waals surface area contributed by atoms with Gasteiger partial charge in [0, 0.05) is 37.3 Å². The molecule has 5 heteroatoms. The van der Waals surface area contributed by atoms with Gasteiger partial charge in [-0.05, 0) is 38.3 Å². The minimum atomic E-state index is -0.228. The van der Waals surface area contributed by atoms with E-state index in [0.29, 0.717) is 13.0 Å². The standard InChI is InChI=1S/C18H24N2O3/c1-13-6-3-4-9-19(13)18(22)14-10-17(21)20(12-14)15-7-5-8-16(11-15)23-2/h5,7-8,11,13-14H,3-4,6,9-10,12H2,1-2H3/t13-,14+/m0/s1. The summed E-state index contributed by atoms with van der Waals surface area (Å²) in [6, 6.07) is 7.73. The lowest BCUT2D eigenvalue weighted by Crippen LogP contribution is -2.45. The van der Waals surface area contributed by atoms with Crippen molar-refractivity contribution in [2.24, 2.45) is 5.92 Å². The van der Waals surface area contributed by atoms with Crippen molar-refractivity contribution < 1.29 is 14.3 Å². The molecule has 2 heterocycles. The van der Waals surface area contributed by atoms with Crippen LogP contribution in [0, 0.1) is 5.92 Å². The number of amides is 2. The lowest BCUT2D eigenvalue weighted by molar-refractivity contribution is -0.139. The molecule has 23 heavy (non-hydrogen) atoms. The summed E-state index contributed by atoms with van der Waals surface area (Å²) in [5.74, 6) is 0.640. The van der Waals surface area contributed by atoms with E-state index in [1.54, 1.807) is 12.0 Å². The average Bonchev–Trinajstić information content (AvgIpc) is 2.96. The summed E-state index contributed by atoms with van der Waals surface area (Å²) in [5, 5.41) is 0. The van der Waals surface area contributed by atoms with E-state index in [4.69, 9.17) is 4.74 Å². The van der Waals surface area contributed by atoms with Gasteiger partial charge in [0.05, 0.1) is 13.0 Å². The number of methoxy groups -OCH3 is 1. The number of anilines is 1. The number of hydrogen-bond donors (Lipinski definition) is 0. The fourth-order valence-corrected chi connectivity index (χ4v) is 3.56. The Balaban J connectivity index is 1.72. The molecule has 1 aromatic rings. The van der Waals surface area contributed by atoms with Gasteiger partial charge in [0.15, 0.2) is 0 Å². The van der Waals surface area contributed by atoms with Crippen LogP contribution in [-0.2, 0) is 9.59 Å². The van der Waals surface area contributed by atoms with Crippen molar-refractivity contribution in [1.29, 1.82) is 0 Å². The molecule has 124 valence electrons. The maximum Gasteiger partial charge on any atom is 0.228 e. The van der Waals surface area contributed by atoms with E-state index in [1.165, 1.54) is 6.42 Å². The number of carbonyl (C=O) groups excluding carboxylic acids is 2. The van der Waals surface area contributed by atoms with Gasteiger partial charge in [0.2, 0.25) is 11.8 Å². The first-order valence-corrected chi connectivity index (χ1v) is 8.35. The number of hydrogen-bond acceptors (Lipinski definition) is 3. The van der Waals surface area contributed by atoms with Crippen LogP contribution in [0.1, 0.15) is 32.6 Å². The molecular formula is C18H24N2O3. The van der Waals surface area contributed by atoms with Gasteiger partial charge in [0.1, 0.15) is 5.75 Å². The van der Waals surface area contributed by atoms with Crippen LogP contribution in [0.3, 0.4) is 0 Å². The number of carbonyl (C=O) groups is 2. The van der Waals surface area contributed by atoms with E-state index >= 15 is 0 Å². The Bertz CT molecular complexity index is 602. The monoisotopic (exact) mass is 316 g/mol. The second-order valence-corrected chi connectivity index (χ2v) is 6.48. The maximum absolute atomic E-state index is 12.8. The number of nitrogens with zero attached hydrogens (tertiary/aromatic N) is 2. The highest BCUT2D eigenvalue weighted by atomic mass is 16.5. The lowest BCUT2D eigenvalue weighted by Gasteiger charge is -2.35. The van der Waals surface area contributed by atoms with Gasteiger partial charge in [-0.1, -0.05) is 6.07 Å². The van der Waals surface area contributed by atoms with E-state index in [-0.39, 0.29) is 23.8 Å². The zero-order valence-corrected chi connectivity index (χ0v) is 13.8. The fraction of sp³-hybridized carbons (Fsp3) is 0.556. The molecule has 0 bridgehead atoms. The highest BCUT2D eigenvalue weighted by molar-refractivity contribution is 6.00. The van der Waals surface area contributed by atoms with Crippen LogP contribution in [0.4, 0.5) is 5.69 Å². The summed E-state index contributed by atoms with van der Waals surface area (Å²) in [6.45, 7) is 3.39. The Morgan fingerprint density at radius 2 is 2.13 bits per heavy atom. The van der Waals surface area contributed by atoms with Gasteiger partial charge in [-0.25, -0.2) is 0 Å². The molecular weight excluding hydrogens is 292 g/mol. The van der Waals surface area contributed by atoms with E-state index in [0.717, 1.165) is 30.8 Å². The summed E-state index contributed by atoms with van der Waals surface area (Å²) in [6.07, 6.45) is 3.62. The summed E-state index contributed by atoms with van der Waals surface area (Å²) in [7, 11) is 1.61. The second-order valence-electron chi connectivity index (χ2n) is 6.48. The minimum Gasteiger partial charge on any atom is -0.497 e. The van der Waals surface area contributed by atoms with Crippen LogP contribution >= 0.6 is 0 Å². The van der Waals surface area contributed by atoms with Crippen LogP contribution in [0.15, 0.2) is 24.3 Å². The number of ether oxygens (including phenoxy) is 1. The van der Waals surface area contributed by atoms with Crippen molar-refractivity contribution >= 4 is 17.5 Å². The van der Waals surface area contributed by atoms with E-state index in [9.17, 15) is 9.59 Å². The number of likely N-dealkylation sites (tertiary alicyclic amines) is 1. The highest BCUT2D eigenvalue weighted by Gasteiger charge is 2.38. The summed E-state index contributed by atoms with van der Waals surface area (Å²) >= 11 is 0. The van der Waals surface area contributed by atoms with Gasteiger partial charge in [-0.15, -0.1) is 0 Å². The first-order valence-electron chi connectivity index (χ1n) is 8.35. The maximum atomic E-state index is 12.8. The van der Waals surface area contributed by atoms with Crippen molar-refractivity contribution in [1.82, 2.24) is 4.90 Å². The third kappa shape index (κ3) is 3.19. The van der Waals surface area contributed by atoms with Crippen molar-refractivity contribution in [2.75, 3.05) is 25.1 Å². The van der Waals surface area contributed by atoms with Gasteiger partial charge < -0.3 is 14.5 Å². The van der Waals surface area contributed by atoms with Crippen molar-refractivity contribution in [3.8, 4) is 5.75 Å². The second kappa shape index (κ2) is 6.60. The largest absolute Gasteiger partial charge is 0.497 e. The molecule has 1 aromatic carbocycles. The topological polar surface area (TPSA) is 49.9 Å². The minimum absolute atomic E-state index is 0.0151. The molecule has 0 spiro atoms.